The van der Waals surface area contributed by atoms with Gasteiger partial charge in [0.2, 0.25) is 0 Å². The maximum atomic E-state index is 13.7. The number of thiazole rings is 1. The number of hydrogen-bond acceptors (Lipinski definition) is 5. The lowest BCUT2D eigenvalue weighted by Crippen LogP contribution is -2.40. The number of amides is 1. The number of para-hydroxylation sites is 1. The third-order valence-corrected chi connectivity index (χ3v) is 6.73. The first-order valence-electron chi connectivity index (χ1n) is 10.9. The highest BCUT2D eigenvalue weighted by molar-refractivity contribution is 7.07. The van der Waals surface area contributed by atoms with Crippen LogP contribution >= 0.6 is 11.3 Å². The van der Waals surface area contributed by atoms with Gasteiger partial charge in [-0.05, 0) is 37.6 Å². The van der Waals surface area contributed by atoms with Gasteiger partial charge in [-0.2, -0.15) is 5.10 Å². The van der Waals surface area contributed by atoms with Crippen LogP contribution in [0.3, 0.4) is 0 Å². The van der Waals surface area contributed by atoms with Crippen LogP contribution in [0, 0.1) is 6.92 Å². The number of aryl methyl sites for hydroxylation is 2. The number of allylic oxidation sites excluding steroid dienone is 1. The first kappa shape index (κ1) is 21.8. The fraction of sp³-hybridized carbons (Fsp3) is 0.154. The Bertz CT molecular complexity index is 1590. The van der Waals surface area contributed by atoms with E-state index in [1.54, 1.807) is 9.25 Å². The Hall–Kier alpha value is -4.04. The molecule has 0 spiro atoms. The zero-order valence-electron chi connectivity index (χ0n) is 19.0. The van der Waals surface area contributed by atoms with Crippen LogP contribution in [-0.2, 0) is 11.8 Å². The predicted molar refractivity (Wildman–Crippen MR) is 133 cm³/mol. The average Bonchev–Trinajstić information content (AvgIpc) is 3.31. The average molecular weight is 470 g/mol. The molecule has 1 aliphatic heterocycles. The molecule has 170 valence electrons. The van der Waals surface area contributed by atoms with E-state index >= 15 is 0 Å². The molecule has 8 heteroatoms. The molecule has 0 saturated heterocycles. The molecule has 34 heavy (non-hydrogen) atoms. The number of hydrogen-bond donors (Lipinski definition) is 1. The van der Waals surface area contributed by atoms with Gasteiger partial charge in [-0.15, -0.1) is 0 Å². The molecular weight excluding hydrogens is 446 g/mol. The number of carbonyl (C=O) groups is 1. The highest BCUT2D eigenvalue weighted by atomic mass is 32.1. The summed E-state index contributed by atoms with van der Waals surface area (Å²) in [5.41, 5.74) is 4.11. The van der Waals surface area contributed by atoms with E-state index in [2.05, 4.69) is 15.4 Å². The van der Waals surface area contributed by atoms with Gasteiger partial charge in [-0.3, -0.25) is 18.8 Å². The van der Waals surface area contributed by atoms with Gasteiger partial charge in [0.15, 0.2) is 4.80 Å². The topological polar surface area (TPSA) is 81.3 Å². The minimum Gasteiger partial charge on any atom is -0.322 e. The number of rotatable bonds is 4. The molecule has 2 aromatic heterocycles. The van der Waals surface area contributed by atoms with E-state index in [1.807, 2.05) is 93.8 Å². The van der Waals surface area contributed by atoms with Crippen LogP contribution in [0.1, 0.15) is 29.8 Å². The Kier molecular flexibility index (Phi) is 5.59. The molecule has 0 fully saturated rings. The summed E-state index contributed by atoms with van der Waals surface area (Å²) in [5.74, 6) is -0.279. The summed E-state index contributed by atoms with van der Waals surface area (Å²) in [5, 5.41) is 7.33. The van der Waals surface area contributed by atoms with Gasteiger partial charge in [-0.1, -0.05) is 59.9 Å². The predicted octanol–water partition coefficient (Wildman–Crippen LogP) is 2.92. The van der Waals surface area contributed by atoms with Gasteiger partial charge in [0, 0.05) is 24.5 Å². The third kappa shape index (κ3) is 3.92. The van der Waals surface area contributed by atoms with Crippen molar-refractivity contribution in [2.75, 3.05) is 5.32 Å². The fourth-order valence-electron chi connectivity index (χ4n) is 4.18. The lowest BCUT2D eigenvalue weighted by atomic mass is 9.95. The number of fused-ring (bicyclic) bond motifs is 1. The largest absolute Gasteiger partial charge is 0.322 e. The molecule has 1 amide bonds. The number of nitrogens with zero attached hydrogens (tertiary/aromatic N) is 4. The first-order chi connectivity index (χ1) is 16.4. The van der Waals surface area contributed by atoms with E-state index in [9.17, 15) is 9.59 Å². The molecule has 1 unspecified atom stereocenters. The summed E-state index contributed by atoms with van der Waals surface area (Å²) in [6, 6.07) is 18.3. The molecule has 5 rings (SSSR count). The Labute approximate surface area is 200 Å². The Balaban J connectivity index is 1.68. The van der Waals surface area contributed by atoms with Crippen molar-refractivity contribution < 1.29 is 4.79 Å². The summed E-state index contributed by atoms with van der Waals surface area (Å²) in [7, 11) is 1.85. The highest BCUT2D eigenvalue weighted by Gasteiger charge is 2.32. The molecule has 4 aromatic rings. The van der Waals surface area contributed by atoms with E-state index in [0.29, 0.717) is 26.3 Å². The van der Waals surface area contributed by atoms with Crippen LogP contribution in [0.2, 0.25) is 0 Å². The number of aromatic nitrogens is 3. The van der Waals surface area contributed by atoms with Crippen LogP contribution in [-0.4, -0.2) is 20.3 Å². The molecule has 3 heterocycles. The van der Waals surface area contributed by atoms with E-state index in [-0.39, 0.29) is 11.5 Å². The van der Waals surface area contributed by atoms with Crippen molar-refractivity contribution in [1.82, 2.24) is 14.3 Å². The van der Waals surface area contributed by atoms with Crippen LogP contribution in [0.4, 0.5) is 5.69 Å². The molecule has 1 aliphatic rings. The van der Waals surface area contributed by atoms with Crippen LogP contribution in [0.15, 0.2) is 87.9 Å². The molecule has 7 nitrogen and oxygen atoms in total. The molecule has 1 N–H and O–H groups in total. The van der Waals surface area contributed by atoms with Crippen molar-refractivity contribution in [3.63, 3.8) is 0 Å². The summed E-state index contributed by atoms with van der Waals surface area (Å²) in [6.07, 6.45) is 3.73. The number of benzene rings is 2. The van der Waals surface area contributed by atoms with E-state index in [1.165, 1.54) is 11.3 Å². The van der Waals surface area contributed by atoms with Gasteiger partial charge in [0.1, 0.15) is 0 Å². The quantitative estimate of drug-likeness (QED) is 0.499. The Morgan fingerprint density at radius 1 is 1.06 bits per heavy atom. The summed E-state index contributed by atoms with van der Waals surface area (Å²) in [4.78, 5) is 32.4. The zero-order chi connectivity index (χ0) is 23.8. The van der Waals surface area contributed by atoms with Crippen LogP contribution < -0.4 is 20.2 Å². The second-order valence-corrected chi connectivity index (χ2v) is 9.17. The number of nitrogens with one attached hydrogen (secondary N) is 1. The lowest BCUT2D eigenvalue weighted by Gasteiger charge is -2.25. The maximum absolute atomic E-state index is 13.7. The molecule has 0 aliphatic carbocycles. The maximum Gasteiger partial charge on any atom is 0.271 e. The molecular formula is C26H23N5O2S. The first-order valence-corrected chi connectivity index (χ1v) is 11.7. The van der Waals surface area contributed by atoms with Crippen molar-refractivity contribution >= 4 is 29.0 Å². The van der Waals surface area contributed by atoms with Crippen LogP contribution in [0.5, 0.6) is 0 Å². The fourth-order valence-corrected chi connectivity index (χ4v) is 5.22. The van der Waals surface area contributed by atoms with Gasteiger partial charge in [-0.25, -0.2) is 4.99 Å². The van der Waals surface area contributed by atoms with Gasteiger partial charge in [0.05, 0.1) is 27.5 Å². The number of carbonyl (C=O) groups excluding carboxylic acids is 1. The second-order valence-electron chi connectivity index (χ2n) is 8.16. The summed E-state index contributed by atoms with van der Waals surface area (Å²) >= 11 is 1.32. The van der Waals surface area contributed by atoms with Crippen molar-refractivity contribution in [2.45, 2.75) is 19.9 Å². The SMILES string of the molecule is CC1=C(C(=O)Nc2ccccc2)C(c2ccccc2)n2c(sc(=Cc3cn(C)nc3C)c2=O)=N1. The Morgan fingerprint density at radius 3 is 2.38 bits per heavy atom. The van der Waals surface area contributed by atoms with Crippen LogP contribution in [0.25, 0.3) is 6.08 Å². The molecule has 1 atom stereocenters. The van der Waals surface area contributed by atoms with Gasteiger partial charge < -0.3 is 5.32 Å². The van der Waals surface area contributed by atoms with Crippen molar-refractivity contribution in [3.05, 3.63) is 115 Å². The molecule has 2 aromatic carbocycles. The summed E-state index contributed by atoms with van der Waals surface area (Å²) in [6.45, 7) is 3.73. The van der Waals surface area contributed by atoms with Crippen molar-refractivity contribution in [3.8, 4) is 0 Å². The van der Waals surface area contributed by atoms with Crippen molar-refractivity contribution in [2.24, 2.45) is 12.0 Å². The smallest absolute Gasteiger partial charge is 0.271 e. The zero-order valence-corrected chi connectivity index (χ0v) is 19.8. The normalized spacial score (nSPS) is 15.7. The third-order valence-electron chi connectivity index (χ3n) is 5.75. The highest BCUT2D eigenvalue weighted by Crippen LogP contribution is 2.30. The monoisotopic (exact) mass is 469 g/mol. The van der Waals surface area contributed by atoms with Gasteiger partial charge >= 0.3 is 0 Å². The van der Waals surface area contributed by atoms with Crippen molar-refractivity contribution in [1.29, 1.82) is 0 Å². The minimum absolute atomic E-state index is 0.182. The Morgan fingerprint density at radius 2 is 1.74 bits per heavy atom. The van der Waals surface area contributed by atoms with E-state index < -0.39 is 6.04 Å². The second kappa shape index (κ2) is 8.72. The lowest BCUT2D eigenvalue weighted by molar-refractivity contribution is -0.113. The molecule has 0 saturated carbocycles. The standard InChI is InChI=1S/C26H23N5O2S/c1-16-19(15-30(3)29-16)14-21-25(33)31-23(18-10-6-4-7-11-18)22(17(2)27-26(31)34-21)24(32)28-20-12-8-5-9-13-20/h4-15,23H,1-3H3,(H,28,32). The minimum atomic E-state index is -0.585. The number of anilines is 1. The van der Waals surface area contributed by atoms with E-state index in [0.717, 1.165) is 16.8 Å². The van der Waals surface area contributed by atoms with Gasteiger partial charge in [0.25, 0.3) is 11.5 Å². The van der Waals surface area contributed by atoms with E-state index in [4.69, 9.17) is 0 Å². The summed E-state index contributed by atoms with van der Waals surface area (Å²) < 4.78 is 3.90. The molecule has 0 bridgehead atoms. The molecule has 0 radical (unpaired) electrons.